The maximum atomic E-state index is 13.1. The van der Waals surface area contributed by atoms with E-state index in [-0.39, 0.29) is 58.4 Å². The molecule has 10 heteroatoms. The summed E-state index contributed by atoms with van der Waals surface area (Å²) in [5.74, 6) is 2.99. The minimum atomic E-state index is -3.13. The monoisotopic (exact) mass is 469 g/mol. The van der Waals surface area contributed by atoms with Crippen molar-refractivity contribution in [3.05, 3.63) is 58.8 Å². The number of aromatic nitrogens is 1. The van der Waals surface area contributed by atoms with Gasteiger partial charge in [0, 0.05) is 36.1 Å². The maximum Gasteiger partial charge on any atom is 0.335 e. The fourth-order valence-electron chi connectivity index (χ4n) is 2.57. The quantitative estimate of drug-likeness (QED) is 0.558. The van der Waals surface area contributed by atoms with E-state index in [2.05, 4.69) is 21.2 Å². The van der Waals surface area contributed by atoms with Gasteiger partial charge in [0.25, 0.3) is 5.91 Å². The summed E-state index contributed by atoms with van der Waals surface area (Å²) >= 11 is 0. The molecule has 0 aliphatic rings. The Hall–Kier alpha value is -3.84. The fraction of sp³-hybridized carbons (Fsp3) is 0.261. The first-order chi connectivity index (χ1) is 15.5. The van der Waals surface area contributed by atoms with Crippen molar-refractivity contribution in [3.8, 4) is 11.8 Å². The molecule has 0 aliphatic carbocycles. The molecule has 3 N–H and O–H groups in total. The second-order valence-electron chi connectivity index (χ2n) is 7.27. The highest BCUT2D eigenvalue weighted by Crippen LogP contribution is 2.14. The highest BCUT2D eigenvalue weighted by atomic mass is 32.2. The molecule has 1 amide bonds. The number of hydrogen-bond donors (Lipinski definition) is 2. The molecule has 2 aromatic rings. The summed E-state index contributed by atoms with van der Waals surface area (Å²) in [6.07, 6.45) is 1.12. The van der Waals surface area contributed by atoms with E-state index >= 15 is 0 Å². The first-order valence-corrected chi connectivity index (χ1v) is 11.7. The Morgan fingerprint density at radius 2 is 1.67 bits per heavy atom. The Kier molecular flexibility index (Phi) is 8.59. The normalized spacial score (nSPS) is 10.6. The van der Waals surface area contributed by atoms with Crippen LogP contribution >= 0.6 is 0 Å². The third kappa shape index (κ3) is 7.97. The molecule has 9 nitrogen and oxygen atoms in total. The third-order valence-electron chi connectivity index (χ3n) is 4.41. The van der Waals surface area contributed by atoms with E-state index in [1.165, 1.54) is 38.2 Å². The van der Waals surface area contributed by atoms with Gasteiger partial charge in [-0.25, -0.2) is 14.0 Å². The van der Waals surface area contributed by atoms with E-state index < -0.39 is 21.6 Å². The van der Waals surface area contributed by atoms with Crippen molar-refractivity contribution in [1.29, 1.82) is 0 Å². The van der Waals surface area contributed by atoms with Gasteiger partial charge in [0.05, 0.1) is 26.4 Å². The van der Waals surface area contributed by atoms with Gasteiger partial charge >= 0.3 is 5.97 Å². The van der Waals surface area contributed by atoms with E-state index in [4.69, 9.17) is 10.8 Å². The standard InChI is InChI=1S/C23H23N3O6S/c1-15(27)8-10-33(32,11-9-16(2)28)26-22(29)20-13-18(21(24)25-14-20)7-6-17-4-3-5-19(12-17)23(30)31/h3-5,12-14H,8-11H2,1-2H3,(H2,24,25)(H,30,31). The van der Waals surface area contributed by atoms with Crippen molar-refractivity contribution in [2.24, 2.45) is 4.36 Å². The van der Waals surface area contributed by atoms with Crippen LogP contribution in [-0.4, -0.2) is 49.2 Å². The Morgan fingerprint density at radius 1 is 1.03 bits per heavy atom. The summed E-state index contributed by atoms with van der Waals surface area (Å²) in [6.45, 7) is 2.68. The van der Waals surface area contributed by atoms with Crippen molar-refractivity contribution in [2.75, 3.05) is 17.2 Å². The second-order valence-corrected chi connectivity index (χ2v) is 9.82. The molecule has 0 bridgehead atoms. The van der Waals surface area contributed by atoms with Crippen LogP contribution in [0.15, 0.2) is 40.9 Å². The lowest BCUT2D eigenvalue weighted by molar-refractivity contribution is -0.117. The molecule has 0 spiro atoms. The molecule has 172 valence electrons. The molecule has 2 rings (SSSR count). The lowest BCUT2D eigenvalue weighted by atomic mass is 10.1. The van der Waals surface area contributed by atoms with Crippen molar-refractivity contribution >= 4 is 39.0 Å². The smallest absolute Gasteiger partial charge is 0.335 e. The number of carboxylic acid groups (broad SMARTS) is 1. The van der Waals surface area contributed by atoms with Crippen molar-refractivity contribution in [1.82, 2.24) is 4.98 Å². The second kappa shape index (κ2) is 11.2. The molecule has 1 aromatic carbocycles. The van der Waals surface area contributed by atoms with Gasteiger partial charge in [-0.3, -0.25) is 14.4 Å². The van der Waals surface area contributed by atoms with Gasteiger partial charge in [0.1, 0.15) is 17.4 Å². The summed E-state index contributed by atoms with van der Waals surface area (Å²) in [5.41, 5.74) is 6.53. The number of rotatable bonds is 8. The van der Waals surface area contributed by atoms with Crippen LogP contribution in [0, 0.1) is 11.8 Å². The number of nitrogens with two attached hydrogens (primary N) is 1. The van der Waals surface area contributed by atoms with E-state index in [0.29, 0.717) is 5.56 Å². The Bertz CT molecular complexity index is 1270. The number of carbonyl (C=O) groups excluding carboxylic acids is 3. The van der Waals surface area contributed by atoms with E-state index in [0.717, 1.165) is 0 Å². The molecule has 0 unspecified atom stereocenters. The number of pyridine rings is 1. The number of Topliss-reactive ketones (excluding diaryl/α,β-unsaturated/α-hetero) is 2. The minimum Gasteiger partial charge on any atom is -0.478 e. The number of nitrogens with zero attached hydrogens (tertiary/aromatic N) is 2. The van der Waals surface area contributed by atoms with Crippen molar-refractivity contribution < 1.29 is 28.5 Å². The van der Waals surface area contributed by atoms with Gasteiger partial charge < -0.3 is 10.8 Å². The SMILES string of the molecule is CC(=O)CCS(=O)(CCC(C)=O)=NC(=O)c1cnc(N)c(C#Cc2cccc(C(=O)O)c2)c1. The van der Waals surface area contributed by atoms with Crippen LogP contribution in [0.25, 0.3) is 0 Å². The molecule has 1 aromatic heterocycles. The predicted molar refractivity (Wildman–Crippen MR) is 123 cm³/mol. The highest BCUT2D eigenvalue weighted by molar-refractivity contribution is 7.93. The average molecular weight is 470 g/mol. The molecule has 0 saturated carbocycles. The molecule has 0 atom stereocenters. The van der Waals surface area contributed by atoms with E-state index in [1.807, 2.05) is 0 Å². The molecule has 33 heavy (non-hydrogen) atoms. The topological polar surface area (TPSA) is 157 Å². The Labute approximate surface area is 191 Å². The van der Waals surface area contributed by atoms with Crippen LogP contribution in [0.3, 0.4) is 0 Å². The zero-order valence-electron chi connectivity index (χ0n) is 18.2. The predicted octanol–water partition coefficient (Wildman–Crippen LogP) is 2.33. The number of anilines is 1. The Balaban J connectivity index is 2.38. The van der Waals surface area contributed by atoms with E-state index in [1.54, 1.807) is 12.1 Å². The number of carboxylic acids is 1. The number of amides is 1. The molecule has 0 aliphatic heterocycles. The lowest BCUT2D eigenvalue weighted by Gasteiger charge is -2.08. The van der Waals surface area contributed by atoms with Crippen LogP contribution in [0.4, 0.5) is 5.82 Å². The highest BCUT2D eigenvalue weighted by Gasteiger charge is 2.17. The molecule has 1 heterocycles. The number of ketones is 2. The molecular weight excluding hydrogens is 446 g/mol. The number of carbonyl (C=O) groups is 4. The summed E-state index contributed by atoms with van der Waals surface area (Å²) < 4.78 is 16.9. The number of aromatic carboxylic acids is 1. The lowest BCUT2D eigenvalue weighted by Crippen LogP contribution is -2.17. The van der Waals surface area contributed by atoms with Gasteiger partial charge in [-0.15, -0.1) is 0 Å². The summed E-state index contributed by atoms with van der Waals surface area (Å²) in [4.78, 5) is 50.4. The fourth-order valence-corrected chi connectivity index (χ4v) is 4.57. The average Bonchev–Trinajstić information content (AvgIpc) is 2.76. The van der Waals surface area contributed by atoms with Gasteiger partial charge in [-0.05, 0) is 38.1 Å². The van der Waals surface area contributed by atoms with Crippen LogP contribution in [0.1, 0.15) is 58.5 Å². The van der Waals surface area contributed by atoms with Crippen LogP contribution in [0.2, 0.25) is 0 Å². The number of benzene rings is 1. The van der Waals surface area contributed by atoms with Crippen LogP contribution in [0.5, 0.6) is 0 Å². The summed E-state index contributed by atoms with van der Waals surface area (Å²) in [5, 5.41) is 9.08. The van der Waals surface area contributed by atoms with Gasteiger partial charge in [0.15, 0.2) is 0 Å². The third-order valence-corrected chi connectivity index (χ3v) is 6.59. The first-order valence-electron chi connectivity index (χ1n) is 9.86. The van der Waals surface area contributed by atoms with Gasteiger partial charge in [-0.1, -0.05) is 17.9 Å². The number of nitrogen functional groups attached to an aromatic ring is 1. The largest absolute Gasteiger partial charge is 0.478 e. The minimum absolute atomic E-state index is 0.00818. The maximum absolute atomic E-state index is 13.1. The molecule has 0 fully saturated rings. The van der Waals surface area contributed by atoms with Crippen molar-refractivity contribution in [3.63, 3.8) is 0 Å². The molecule has 0 radical (unpaired) electrons. The summed E-state index contributed by atoms with van der Waals surface area (Å²) in [6, 6.07) is 7.33. The molecular formula is C23H23N3O6S. The van der Waals surface area contributed by atoms with Gasteiger partial charge in [-0.2, -0.15) is 4.36 Å². The molecule has 0 saturated heterocycles. The van der Waals surface area contributed by atoms with Crippen LogP contribution in [-0.2, 0) is 19.3 Å². The Morgan fingerprint density at radius 3 is 2.24 bits per heavy atom. The van der Waals surface area contributed by atoms with Crippen molar-refractivity contribution in [2.45, 2.75) is 26.7 Å². The van der Waals surface area contributed by atoms with E-state index in [9.17, 15) is 23.4 Å². The first kappa shape index (κ1) is 25.4. The number of hydrogen-bond acceptors (Lipinski definition) is 7. The summed E-state index contributed by atoms with van der Waals surface area (Å²) in [7, 11) is -3.13. The zero-order chi connectivity index (χ0) is 24.6. The van der Waals surface area contributed by atoms with Crippen LogP contribution < -0.4 is 5.73 Å². The van der Waals surface area contributed by atoms with Gasteiger partial charge in [0.2, 0.25) is 0 Å². The zero-order valence-corrected chi connectivity index (χ0v) is 19.0.